The van der Waals surface area contributed by atoms with Crippen LogP contribution >= 0.6 is 0 Å². The molecule has 0 radical (unpaired) electrons. The largest absolute Gasteiger partial charge is 0.491 e. The van der Waals surface area contributed by atoms with Crippen LogP contribution in [0.4, 0.5) is 17.6 Å². The average Bonchev–Trinajstić information content (AvgIpc) is 2.90. The summed E-state index contributed by atoms with van der Waals surface area (Å²) in [6, 6.07) is 2.74. The first kappa shape index (κ1) is 27.3. The minimum Gasteiger partial charge on any atom is -0.491 e. The highest BCUT2D eigenvalue weighted by molar-refractivity contribution is 5.35. The van der Waals surface area contributed by atoms with E-state index in [1.807, 2.05) is 0 Å². The third-order valence-electron chi connectivity index (χ3n) is 9.00. The molecule has 0 N–H and O–H groups in total. The quantitative estimate of drug-likeness (QED) is 0.308. The van der Waals surface area contributed by atoms with Gasteiger partial charge in [0.15, 0.2) is 11.5 Å². The number of ether oxygens (including phenoxy) is 2. The maximum Gasteiger partial charge on any atom is 0.204 e. The lowest BCUT2D eigenvalue weighted by atomic mass is 9.64. The Morgan fingerprint density at radius 1 is 0.722 bits per heavy atom. The van der Waals surface area contributed by atoms with Gasteiger partial charge >= 0.3 is 0 Å². The molecule has 202 valence electrons. The van der Waals surface area contributed by atoms with Crippen molar-refractivity contribution >= 4 is 0 Å². The molecule has 0 saturated heterocycles. The lowest BCUT2D eigenvalue weighted by Crippen LogP contribution is -2.31. The van der Waals surface area contributed by atoms with Gasteiger partial charge in [0.25, 0.3) is 0 Å². The summed E-state index contributed by atoms with van der Waals surface area (Å²) in [6.07, 6.45) is 11.3. The Bertz CT molecular complexity index is 893. The zero-order chi connectivity index (χ0) is 25.7. The fourth-order valence-corrected chi connectivity index (χ4v) is 6.96. The van der Waals surface area contributed by atoms with E-state index in [1.165, 1.54) is 44.2 Å². The molecule has 0 aromatic heterocycles. The zero-order valence-corrected chi connectivity index (χ0v) is 21.8. The third-order valence-corrected chi connectivity index (χ3v) is 9.00. The van der Waals surface area contributed by atoms with Crippen molar-refractivity contribution in [3.63, 3.8) is 0 Å². The Hall–Kier alpha value is -1.72. The number of benzene rings is 1. The molecule has 0 heterocycles. The summed E-state index contributed by atoms with van der Waals surface area (Å²) in [4.78, 5) is 0. The van der Waals surface area contributed by atoms with Gasteiger partial charge < -0.3 is 9.47 Å². The van der Waals surface area contributed by atoms with Crippen molar-refractivity contribution in [3.8, 4) is 11.5 Å². The van der Waals surface area contributed by atoms with Crippen molar-refractivity contribution in [2.24, 2.45) is 35.5 Å². The van der Waals surface area contributed by atoms with Crippen LogP contribution in [0.5, 0.6) is 11.5 Å². The van der Waals surface area contributed by atoms with Gasteiger partial charge in [0.1, 0.15) is 11.7 Å². The fourth-order valence-electron chi connectivity index (χ4n) is 6.96. The van der Waals surface area contributed by atoms with Gasteiger partial charge in [-0.2, -0.15) is 8.78 Å². The second-order valence-corrected chi connectivity index (χ2v) is 11.3. The van der Waals surface area contributed by atoms with Gasteiger partial charge in [-0.05, 0) is 101 Å². The van der Waals surface area contributed by atoms with Crippen LogP contribution in [-0.4, -0.2) is 13.2 Å². The number of halogens is 4. The maximum atomic E-state index is 15.3. The van der Waals surface area contributed by atoms with Crippen LogP contribution in [0.2, 0.25) is 0 Å². The molecule has 3 aliphatic rings. The summed E-state index contributed by atoms with van der Waals surface area (Å²) in [6.45, 7) is 4.42. The zero-order valence-electron chi connectivity index (χ0n) is 21.8. The van der Waals surface area contributed by atoms with Gasteiger partial charge in [-0.3, -0.25) is 0 Å². The lowest BCUT2D eigenvalue weighted by molar-refractivity contribution is 0.0955. The Kier molecular flexibility index (Phi) is 9.63. The molecular weight excluding hydrogens is 468 g/mol. The van der Waals surface area contributed by atoms with Gasteiger partial charge in [-0.1, -0.05) is 26.2 Å². The van der Waals surface area contributed by atoms with Crippen LogP contribution in [0, 0.1) is 47.1 Å². The third kappa shape index (κ3) is 6.39. The van der Waals surface area contributed by atoms with Crippen LogP contribution in [0.25, 0.3) is 0 Å². The molecule has 1 aromatic rings. The predicted octanol–water partition coefficient (Wildman–Crippen LogP) is 9.33. The molecule has 4 atom stereocenters. The molecule has 3 saturated carbocycles. The first-order valence-corrected chi connectivity index (χ1v) is 14.2. The van der Waals surface area contributed by atoms with Gasteiger partial charge in [-0.25, -0.2) is 8.78 Å². The molecule has 1 aromatic carbocycles. The number of allylic oxidation sites excluding steroid dienone is 2. The molecule has 3 fully saturated rings. The summed E-state index contributed by atoms with van der Waals surface area (Å²) in [5.74, 6) is -1.85. The molecule has 3 aliphatic carbocycles. The molecule has 2 nitrogen and oxygen atoms in total. The van der Waals surface area contributed by atoms with Crippen molar-refractivity contribution < 1.29 is 27.0 Å². The van der Waals surface area contributed by atoms with E-state index in [-0.39, 0.29) is 42.5 Å². The molecule has 0 spiro atoms. The molecular formula is C30H42F4O2. The number of hydrogen-bond donors (Lipinski definition) is 0. The molecule has 4 unspecified atom stereocenters. The molecule has 6 heteroatoms. The van der Waals surface area contributed by atoms with Crippen LogP contribution in [0.15, 0.2) is 23.8 Å². The first-order chi connectivity index (χ1) is 17.4. The predicted molar refractivity (Wildman–Crippen MR) is 134 cm³/mol. The second kappa shape index (κ2) is 12.7. The monoisotopic (exact) mass is 510 g/mol. The van der Waals surface area contributed by atoms with E-state index >= 15 is 8.78 Å². The van der Waals surface area contributed by atoms with E-state index in [4.69, 9.17) is 9.47 Å². The van der Waals surface area contributed by atoms with E-state index in [9.17, 15) is 8.78 Å². The topological polar surface area (TPSA) is 18.5 Å². The van der Waals surface area contributed by atoms with Crippen molar-refractivity contribution in [2.45, 2.75) is 90.9 Å². The van der Waals surface area contributed by atoms with Crippen LogP contribution in [-0.2, 0) is 0 Å². The summed E-state index contributed by atoms with van der Waals surface area (Å²) in [5.41, 5.74) is 0. The van der Waals surface area contributed by atoms with Crippen LogP contribution < -0.4 is 9.47 Å². The Morgan fingerprint density at radius 3 is 1.94 bits per heavy atom. The standard InChI is InChI=1S/C30H42F4O2/c1-3-5-19-6-11-23-17-24(13-12-22(23)16-19)28(32)27(31)21-9-7-20(8-10-21)18-36-26-15-14-25(35-4-2)29(33)30(26)34/h14-15,19-24H,3-13,16-18H2,1-2H3/b28-27+. The maximum absolute atomic E-state index is 15.3. The van der Waals surface area contributed by atoms with Crippen molar-refractivity contribution in [1.29, 1.82) is 0 Å². The number of rotatable bonds is 9. The lowest BCUT2D eigenvalue weighted by Gasteiger charge is -2.42. The fraction of sp³-hybridized carbons (Fsp3) is 0.733. The molecule has 4 rings (SSSR count). The number of fused-ring (bicyclic) bond motifs is 1. The van der Waals surface area contributed by atoms with Gasteiger partial charge in [0.05, 0.1) is 13.2 Å². The summed E-state index contributed by atoms with van der Waals surface area (Å²) < 4.78 is 69.4. The first-order valence-electron chi connectivity index (χ1n) is 14.2. The summed E-state index contributed by atoms with van der Waals surface area (Å²) in [7, 11) is 0. The summed E-state index contributed by atoms with van der Waals surface area (Å²) >= 11 is 0. The summed E-state index contributed by atoms with van der Waals surface area (Å²) in [5, 5.41) is 0. The minimum absolute atomic E-state index is 0.111. The molecule has 36 heavy (non-hydrogen) atoms. The van der Waals surface area contributed by atoms with Gasteiger partial charge in [0, 0.05) is 11.8 Å². The SMILES string of the molecule is CCCC1CCC2CC(/C(F)=C(\F)C3CCC(COc4ccc(OCC)c(F)c4F)CC3)CCC2C1. The van der Waals surface area contributed by atoms with Gasteiger partial charge in [-0.15, -0.1) is 0 Å². The Morgan fingerprint density at radius 2 is 1.28 bits per heavy atom. The normalized spacial score (nSPS) is 31.4. The molecule has 0 bridgehead atoms. The van der Waals surface area contributed by atoms with E-state index in [0.29, 0.717) is 37.5 Å². The second-order valence-electron chi connectivity index (χ2n) is 11.3. The van der Waals surface area contributed by atoms with Crippen LogP contribution in [0.3, 0.4) is 0 Å². The highest BCUT2D eigenvalue weighted by atomic mass is 19.2. The van der Waals surface area contributed by atoms with Crippen molar-refractivity contribution in [3.05, 3.63) is 35.4 Å². The molecule has 0 aliphatic heterocycles. The van der Waals surface area contributed by atoms with E-state index in [2.05, 4.69) is 6.92 Å². The highest BCUT2D eigenvalue weighted by Gasteiger charge is 2.38. The van der Waals surface area contributed by atoms with E-state index < -0.39 is 23.3 Å². The highest BCUT2D eigenvalue weighted by Crippen LogP contribution is 2.49. The Balaban J connectivity index is 1.25. The van der Waals surface area contributed by atoms with Gasteiger partial charge in [0.2, 0.25) is 11.6 Å². The van der Waals surface area contributed by atoms with E-state index in [1.54, 1.807) is 6.92 Å². The smallest absolute Gasteiger partial charge is 0.204 e. The average molecular weight is 511 g/mol. The van der Waals surface area contributed by atoms with Crippen molar-refractivity contribution in [1.82, 2.24) is 0 Å². The van der Waals surface area contributed by atoms with Crippen LogP contribution in [0.1, 0.15) is 90.9 Å². The molecule has 0 amide bonds. The Labute approximate surface area is 213 Å². The van der Waals surface area contributed by atoms with E-state index in [0.717, 1.165) is 25.2 Å². The number of hydrogen-bond acceptors (Lipinski definition) is 2. The van der Waals surface area contributed by atoms with Crippen molar-refractivity contribution in [2.75, 3.05) is 13.2 Å². The minimum atomic E-state index is -1.06.